The van der Waals surface area contributed by atoms with Gasteiger partial charge in [0.15, 0.2) is 11.2 Å². The SMILES string of the molecule is Cn1c(=O)c2c(nc(N3CCC(C(N)=O)CC3)n2Cc2ccc(F)cc2)n(C)c1=O. The van der Waals surface area contributed by atoms with E-state index in [4.69, 9.17) is 5.73 Å². The number of aromatic nitrogens is 4. The number of hydrogen-bond donors (Lipinski definition) is 1. The number of benzene rings is 1. The van der Waals surface area contributed by atoms with Crippen molar-refractivity contribution in [2.45, 2.75) is 19.4 Å². The van der Waals surface area contributed by atoms with E-state index in [2.05, 4.69) is 4.98 Å². The maximum Gasteiger partial charge on any atom is 0.332 e. The average Bonchev–Trinajstić information content (AvgIpc) is 3.11. The summed E-state index contributed by atoms with van der Waals surface area (Å²) in [5.74, 6) is -0.309. The first-order chi connectivity index (χ1) is 14.3. The highest BCUT2D eigenvalue weighted by Crippen LogP contribution is 2.26. The molecule has 0 radical (unpaired) electrons. The first-order valence-corrected chi connectivity index (χ1v) is 9.73. The van der Waals surface area contributed by atoms with Gasteiger partial charge in [-0.3, -0.25) is 23.3 Å². The summed E-state index contributed by atoms with van der Waals surface area (Å²) in [5.41, 5.74) is 5.92. The third-order valence-corrected chi connectivity index (χ3v) is 5.76. The van der Waals surface area contributed by atoms with E-state index in [1.54, 1.807) is 23.7 Å². The van der Waals surface area contributed by atoms with Crippen LogP contribution in [-0.2, 0) is 25.4 Å². The number of hydrogen-bond acceptors (Lipinski definition) is 5. The predicted molar refractivity (Wildman–Crippen MR) is 110 cm³/mol. The lowest BCUT2D eigenvalue weighted by Gasteiger charge is -2.31. The fourth-order valence-corrected chi connectivity index (χ4v) is 3.96. The molecule has 0 spiro atoms. The fourth-order valence-electron chi connectivity index (χ4n) is 3.96. The van der Waals surface area contributed by atoms with Crippen molar-refractivity contribution in [3.63, 3.8) is 0 Å². The Hall–Kier alpha value is -3.43. The van der Waals surface area contributed by atoms with Crippen molar-refractivity contribution >= 4 is 23.0 Å². The quantitative estimate of drug-likeness (QED) is 0.662. The maximum absolute atomic E-state index is 13.3. The molecule has 1 aliphatic heterocycles. The summed E-state index contributed by atoms with van der Waals surface area (Å²) in [6, 6.07) is 6.02. The van der Waals surface area contributed by atoms with Crippen molar-refractivity contribution in [2.24, 2.45) is 25.7 Å². The molecule has 3 aromatic rings. The largest absolute Gasteiger partial charge is 0.369 e. The zero-order valence-electron chi connectivity index (χ0n) is 16.8. The highest BCUT2D eigenvalue weighted by atomic mass is 19.1. The number of anilines is 1. The molecule has 10 heteroatoms. The molecule has 1 aromatic carbocycles. The molecule has 30 heavy (non-hydrogen) atoms. The Morgan fingerprint density at radius 2 is 1.77 bits per heavy atom. The molecule has 3 heterocycles. The van der Waals surface area contributed by atoms with Gasteiger partial charge in [0.05, 0.1) is 6.54 Å². The monoisotopic (exact) mass is 414 g/mol. The number of nitrogens with zero attached hydrogens (tertiary/aromatic N) is 5. The Balaban J connectivity index is 1.86. The van der Waals surface area contributed by atoms with Gasteiger partial charge in [-0.15, -0.1) is 0 Å². The Labute approximate surface area is 171 Å². The number of fused-ring (bicyclic) bond motifs is 1. The number of aryl methyl sites for hydroxylation is 1. The van der Waals surface area contributed by atoms with Crippen LogP contribution in [0.25, 0.3) is 11.2 Å². The predicted octanol–water partition coefficient (Wildman–Crippen LogP) is 0.323. The average molecular weight is 414 g/mol. The summed E-state index contributed by atoms with van der Waals surface area (Å²) < 4.78 is 17.5. The van der Waals surface area contributed by atoms with Crippen LogP contribution in [-0.4, -0.2) is 37.7 Å². The molecule has 2 aromatic heterocycles. The number of carbonyl (C=O) groups excluding carboxylic acids is 1. The smallest absolute Gasteiger partial charge is 0.332 e. The summed E-state index contributed by atoms with van der Waals surface area (Å²) in [5, 5.41) is 0. The molecule has 4 rings (SSSR count). The van der Waals surface area contributed by atoms with Crippen molar-refractivity contribution in [3.8, 4) is 0 Å². The van der Waals surface area contributed by atoms with E-state index in [1.165, 1.54) is 23.7 Å². The molecule has 0 saturated carbocycles. The molecule has 1 saturated heterocycles. The van der Waals surface area contributed by atoms with Gasteiger partial charge in [0.2, 0.25) is 11.9 Å². The first kappa shape index (κ1) is 19.9. The fraction of sp³-hybridized carbons (Fsp3) is 0.400. The van der Waals surface area contributed by atoms with Gasteiger partial charge < -0.3 is 10.6 Å². The number of rotatable bonds is 4. The third-order valence-electron chi connectivity index (χ3n) is 5.76. The molecular formula is C20H23FN6O3. The lowest BCUT2D eigenvalue weighted by molar-refractivity contribution is -0.122. The van der Waals surface area contributed by atoms with Crippen LogP contribution in [0.5, 0.6) is 0 Å². The summed E-state index contributed by atoms with van der Waals surface area (Å²) >= 11 is 0. The van der Waals surface area contributed by atoms with Crippen LogP contribution in [0.2, 0.25) is 0 Å². The number of carbonyl (C=O) groups is 1. The van der Waals surface area contributed by atoms with Crippen molar-refractivity contribution < 1.29 is 9.18 Å². The second-order valence-electron chi connectivity index (χ2n) is 7.67. The molecule has 0 unspecified atom stereocenters. The van der Waals surface area contributed by atoms with Gasteiger partial charge in [-0.2, -0.15) is 4.98 Å². The van der Waals surface area contributed by atoms with Crippen LogP contribution < -0.4 is 21.9 Å². The van der Waals surface area contributed by atoms with Crippen LogP contribution in [0.15, 0.2) is 33.9 Å². The van der Waals surface area contributed by atoms with Crippen LogP contribution in [0, 0.1) is 11.7 Å². The summed E-state index contributed by atoms with van der Waals surface area (Å²) in [7, 11) is 3.00. The molecule has 9 nitrogen and oxygen atoms in total. The lowest BCUT2D eigenvalue weighted by Crippen LogP contribution is -2.40. The minimum absolute atomic E-state index is 0.187. The molecule has 1 fully saturated rings. The van der Waals surface area contributed by atoms with Crippen molar-refractivity contribution in [1.29, 1.82) is 0 Å². The summed E-state index contributed by atoms with van der Waals surface area (Å²) in [6.45, 7) is 1.39. The highest BCUT2D eigenvalue weighted by Gasteiger charge is 2.28. The zero-order valence-corrected chi connectivity index (χ0v) is 16.8. The molecule has 158 valence electrons. The standard InChI is InChI=1S/C20H23FN6O3/c1-24-17-15(18(29)25(2)20(24)30)27(11-12-3-5-14(21)6-4-12)19(23-17)26-9-7-13(8-10-26)16(22)28/h3-6,13H,7-11H2,1-2H3,(H2,22,28). The van der Waals surface area contributed by atoms with E-state index in [9.17, 15) is 18.8 Å². The van der Waals surface area contributed by atoms with E-state index in [1.807, 2.05) is 4.90 Å². The maximum atomic E-state index is 13.3. The molecule has 0 aliphatic carbocycles. The molecular weight excluding hydrogens is 391 g/mol. The number of halogens is 1. The molecule has 1 aliphatic rings. The van der Waals surface area contributed by atoms with Crippen LogP contribution in [0.1, 0.15) is 18.4 Å². The Bertz CT molecular complexity index is 1230. The van der Waals surface area contributed by atoms with Gasteiger partial charge in [0.25, 0.3) is 5.56 Å². The minimum atomic E-state index is -0.460. The van der Waals surface area contributed by atoms with Gasteiger partial charge in [-0.25, -0.2) is 9.18 Å². The number of primary amides is 1. The Morgan fingerprint density at radius 3 is 2.37 bits per heavy atom. The zero-order chi connectivity index (χ0) is 21.6. The Kier molecular flexibility index (Phi) is 4.92. The summed E-state index contributed by atoms with van der Waals surface area (Å²) in [6.07, 6.45) is 1.18. The lowest BCUT2D eigenvalue weighted by atomic mass is 9.96. The first-order valence-electron chi connectivity index (χ1n) is 9.73. The Morgan fingerprint density at radius 1 is 1.13 bits per heavy atom. The van der Waals surface area contributed by atoms with Gasteiger partial charge >= 0.3 is 5.69 Å². The van der Waals surface area contributed by atoms with E-state index >= 15 is 0 Å². The van der Waals surface area contributed by atoms with Gasteiger partial charge in [0.1, 0.15) is 5.82 Å². The van der Waals surface area contributed by atoms with Crippen LogP contribution >= 0.6 is 0 Å². The highest BCUT2D eigenvalue weighted by molar-refractivity contribution is 5.77. The number of amides is 1. The van der Waals surface area contributed by atoms with Crippen molar-refractivity contribution in [3.05, 3.63) is 56.5 Å². The van der Waals surface area contributed by atoms with Crippen molar-refractivity contribution in [1.82, 2.24) is 18.7 Å². The van der Waals surface area contributed by atoms with Gasteiger partial charge in [-0.1, -0.05) is 12.1 Å². The second-order valence-corrected chi connectivity index (χ2v) is 7.67. The molecule has 0 bridgehead atoms. The van der Waals surface area contributed by atoms with Crippen LogP contribution in [0.3, 0.4) is 0 Å². The van der Waals surface area contributed by atoms with E-state index < -0.39 is 11.2 Å². The molecule has 2 N–H and O–H groups in total. The van der Waals surface area contributed by atoms with E-state index in [0.29, 0.717) is 37.4 Å². The second kappa shape index (κ2) is 7.43. The van der Waals surface area contributed by atoms with Crippen LogP contribution in [0.4, 0.5) is 10.3 Å². The molecule has 0 atom stereocenters. The molecule has 1 amide bonds. The number of piperidine rings is 1. The topological polar surface area (TPSA) is 108 Å². The van der Waals surface area contributed by atoms with Gasteiger partial charge in [0, 0.05) is 33.1 Å². The minimum Gasteiger partial charge on any atom is -0.369 e. The summed E-state index contributed by atoms with van der Waals surface area (Å²) in [4.78, 5) is 43.5. The normalized spacial score (nSPS) is 15.1. The van der Waals surface area contributed by atoms with E-state index in [-0.39, 0.29) is 29.8 Å². The van der Waals surface area contributed by atoms with E-state index in [0.717, 1.165) is 10.1 Å². The number of nitrogens with two attached hydrogens (primary N) is 1. The van der Waals surface area contributed by atoms with Crippen molar-refractivity contribution in [2.75, 3.05) is 18.0 Å². The number of imidazole rings is 1. The van der Waals surface area contributed by atoms with Gasteiger partial charge in [-0.05, 0) is 30.5 Å². The third kappa shape index (κ3) is 3.27.